The largest absolute Gasteiger partial charge is 0.505 e. The molecule has 1 aliphatic rings. The molecule has 5 aromatic carbocycles. The summed E-state index contributed by atoms with van der Waals surface area (Å²) in [6, 6.07) is 2.51. The molecule has 0 heterocycles. The fraction of sp³-hybridized carbons (Fsp3) is 0.303. The molecule has 6 rings (SSSR count). The van der Waals surface area contributed by atoms with Gasteiger partial charge in [-0.05, 0) is 25.7 Å². The van der Waals surface area contributed by atoms with Crippen molar-refractivity contribution in [1.82, 2.24) is 0 Å². The number of allylic oxidation sites excluding steroid dienone is 1. The maximum Gasteiger partial charge on any atom is 0.283 e. The normalized spacial score (nSPS) is 14.8. The van der Waals surface area contributed by atoms with Crippen LogP contribution in [0.3, 0.4) is 0 Å². The monoisotopic (exact) mass is 728 g/mol. The number of methoxy groups -OCH3 is 3. The summed E-state index contributed by atoms with van der Waals surface area (Å²) in [5.74, 6) is -3.61. The topological polar surface area (TPSA) is 232 Å². The molecule has 0 aliphatic heterocycles. The average molecular weight is 729 g/mol. The number of ether oxygens (including phenoxy) is 3. The summed E-state index contributed by atoms with van der Waals surface area (Å²) >= 11 is 0. The number of hydrogen-bond acceptors (Lipinski definition) is 13. The number of rotatable bonds is 12. The van der Waals surface area contributed by atoms with Crippen LogP contribution in [-0.2, 0) is 25.0 Å². The highest BCUT2D eigenvalue weighted by Crippen LogP contribution is 2.56. The van der Waals surface area contributed by atoms with E-state index in [9.17, 15) is 45.4 Å². The van der Waals surface area contributed by atoms with Crippen molar-refractivity contribution >= 4 is 86.6 Å². The van der Waals surface area contributed by atoms with Crippen molar-refractivity contribution in [3.63, 3.8) is 0 Å². The zero-order valence-corrected chi connectivity index (χ0v) is 29.0. The third kappa shape index (κ3) is 5.37. The molecular formula is C33H32N2O13S2. The zero-order chi connectivity index (χ0) is 36.6. The van der Waals surface area contributed by atoms with Crippen LogP contribution in [0.25, 0.3) is 49.2 Å². The van der Waals surface area contributed by atoms with Gasteiger partial charge in [0.1, 0.15) is 23.2 Å². The van der Waals surface area contributed by atoms with Crippen LogP contribution in [0.4, 0.5) is 11.4 Å². The molecule has 0 aromatic heterocycles. The lowest BCUT2D eigenvalue weighted by Gasteiger charge is -2.25. The SMILES string of the molecule is COc1c2c3c4c(c(NCCCS(=O)(=O)O)c(O)c5c(=O)cc(OC)c(c6c(OC)cc(NCS(=O)(=O)O)c(c1=O)c63)c54)C=C(C)C2C(C)=O. The molecule has 1 unspecified atom stereocenters. The van der Waals surface area contributed by atoms with E-state index in [1.165, 1.54) is 34.3 Å². The minimum atomic E-state index is -4.60. The molecule has 0 radical (unpaired) electrons. The molecule has 1 atom stereocenters. The molecular weight excluding hydrogens is 696 g/mol. The lowest BCUT2D eigenvalue weighted by molar-refractivity contribution is -0.117. The third-order valence-corrected chi connectivity index (χ3v) is 10.3. The molecule has 0 saturated heterocycles. The second kappa shape index (κ2) is 12.1. The lowest BCUT2D eigenvalue weighted by Crippen LogP contribution is -2.20. The number of phenols is 1. The number of ketones is 1. The molecule has 5 aromatic rings. The van der Waals surface area contributed by atoms with Crippen molar-refractivity contribution in [2.24, 2.45) is 0 Å². The molecule has 264 valence electrons. The van der Waals surface area contributed by atoms with Gasteiger partial charge in [-0.25, -0.2) is 0 Å². The number of nitrogens with one attached hydrogen (secondary N) is 2. The second-order valence-corrected chi connectivity index (χ2v) is 15.0. The van der Waals surface area contributed by atoms with Crippen LogP contribution in [0, 0.1) is 0 Å². The van der Waals surface area contributed by atoms with E-state index in [0.29, 0.717) is 11.0 Å². The van der Waals surface area contributed by atoms with Crippen LogP contribution in [0.2, 0.25) is 0 Å². The standard InChI is InChI=1S/C33H32N2O13S2/c1-13-9-15-21-26-23(31(38)30(15)34-7-6-8-49(40,41)42)17(37)11-19(47-4)25(26)24-18(46-3)10-16(35-12-50(43,44)45)22-28(24)27(21)29(20(13)14(2)36)33(48-5)32(22)39/h9-11,20,34-35,38H,6-8,12H2,1-5H3,(H,40,41,42)(H,43,44,45). The van der Waals surface area contributed by atoms with E-state index in [0.717, 1.165) is 6.07 Å². The zero-order valence-electron chi connectivity index (χ0n) is 27.4. The Morgan fingerprint density at radius 2 is 1.44 bits per heavy atom. The number of benzene rings is 5. The van der Waals surface area contributed by atoms with Crippen molar-refractivity contribution in [2.45, 2.75) is 26.2 Å². The molecule has 50 heavy (non-hydrogen) atoms. The molecule has 17 heteroatoms. The summed E-state index contributed by atoms with van der Waals surface area (Å²) < 4.78 is 82.6. The fourth-order valence-corrected chi connectivity index (χ4v) is 8.09. The number of phenolic OH excluding ortho intramolecular Hbond substituents is 1. The number of carbonyl (C=O) groups is 1. The highest BCUT2D eigenvalue weighted by Gasteiger charge is 2.37. The first-order valence-corrected chi connectivity index (χ1v) is 18.3. The first kappa shape index (κ1) is 34.9. The van der Waals surface area contributed by atoms with Gasteiger partial charge in [-0.3, -0.25) is 23.5 Å². The number of aromatic hydroxyl groups is 1. The van der Waals surface area contributed by atoms with Crippen LogP contribution in [0.5, 0.6) is 23.0 Å². The maximum atomic E-state index is 14.5. The molecule has 0 fully saturated rings. The van der Waals surface area contributed by atoms with E-state index < -0.39 is 54.4 Å². The summed E-state index contributed by atoms with van der Waals surface area (Å²) in [5, 5.41) is 18.7. The van der Waals surface area contributed by atoms with Crippen LogP contribution >= 0.6 is 0 Å². The third-order valence-electron chi connectivity index (χ3n) is 9.00. The van der Waals surface area contributed by atoms with Crippen molar-refractivity contribution in [1.29, 1.82) is 0 Å². The van der Waals surface area contributed by atoms with Gasteiger partial charge in [0, 0.05) is 56.7 Å². The van der Waals surface area contributed by atoms with Gasteiger partial charge in [-0.15, -0.1) is 0 Å². The Balaban J connectivity index is 1.97. The average Bonchev–Trinajstić information content (AvgIpc) is 3.16. The second-order valence-electron chi connectivity index (χ2n) is 12.0. The maximum absolute atomic E-state index is 14.5. The van der Waals surface area contributed by atoms with E-state index in [1.54, 1.807) is 13.0 Å². The van der Waals surface area contributed by atoms with Crippen molar-refractivity contribution < 1.29 is 50.1 Å². The smallest absolute Gasteiger partial charge is 0.283 e. The van der Waals surface area contributed by atoms with Gasteiger partial charge in [-0.2, -0.15) is 16.8 Å². The molecule has 5 N–H and O–H groups in total. The Kier molecular flexibility index (Phi) is 8.45. The summed E-state index contributed by atoms with van der Waals surface area (Å²) in [5.41, 5.74) is -0.537. The Morgan fingerprint density at radius 3 is 2.00 bits per heavy atom. The van der Waals surface area contributed by atoms with Crippen LogP contribution in [0.1, 0.15) is 37.3 Å². The summed E-state index contributed by atoms with van der Waals surface area (Å²) in [7, 11) is -5.00. The van der Waals surface area contributed by atoms with Gasteiger partial charge < -0.3 is 30.0 Å². The minimum Gasteiger partial charge on any atom is -0.505 e. The summed E-state index contributed by atoms with van der Waals surface area (Å²) in [6.45, 7) is 2.91. The number of carbonyl (C=O) groups excluding carboxylic acids is 1. The van der Waals surface area contributed by atoms with Gasteiger partial charge in [0.25, 0.3) is 20.2 Å². The van der Waals surface area contributed by atoms with Crippen LogP contribution < -0.4 is 35.7 Å². The van der Waals surface area contributed by atoms with Crippen molar-refractivity contribution in [2.75, 3.05) is 50.1 Å². The van der Waals surface area contributed by atoms with Crippen LogP contribution in [0.15, 0.2) is 27.3 Å². The number of anilines is 2. The first-order chi connectivity index (χ1) is 23.4. The van der Waals surface area contributed by atoms with Crippen LogP contribution in [-0.4, -0.2) is 76.3 Å². The van der Waals surface area contributed by atoms with Gasteiger partial charge in [-0.1, -0.05) is 11.6 Å². The van der Waals surface area contributed by atoms with E-state index >= 15 is 0 Å². The van der Waals surface area contributed by atoms with Gasteiger partial charge >= 0.3 is 0 Å². The number of fused-ring (bicyclic) bond motifs is 1. The molecule has 0 bridgehead atoms. The molecule has 1 aliphatic carbocycles. The molecule has 15 nitrogen and oxygen atoms in total. The van der Waals surface area contributed by atoms with Crippen molar-refractivity contribution in [3.05, 3.63) is 49.3 Å². The van der Waals surface area contributed by atoms with Gasteiger partial charge in [0.2, 0.25) is 5.43 Å². The lowest BCUT2D eigenvalue weighted by atomic mass is 9.80. The van der Waals surface area contributed by atoms with Gasteiger partial charge in [0.05, 0.1) is 55.1 Å². The summed E-state index contributed by atoms with van der Waals surface area (Å²) in [6.07, 6.45) is 1.54. The summed E-state index contributed by atoms with van der Waals surface area (Å²) in [4.78, 5) is 41.9. The van der Waals surface area contributed by atoms with Crippen molar-refractivity contribution in [3.8, 4) is 23.0 Å². The Bertz CT molecular complexity index is 2660. The highest BCUT2D eigenvalue weighted by molar-refractivity contribution is 7.86. The molecule has 0 amide bonds. The number of hydrogen-bond donors (Lipinski definition) is 5. The van der Waals surface area contributed by atoms with Gasteiger partial charge in [0.15, 0.2) is 16.9 Å². The molecule has 0 spiro atoms. The predicted octanol–water partition coefficient (Wildman–Crippen LogP) is 3.66. The number of Topliss-reactive ketones (excluding diaryl/α,β-unsaturated/α-hetero) is 1. The van der Waals surface area contributed by atoms with E-state index in [2.05, 4.69) is 10.6 Å². The minimum absolute atomic E-state index is 0.0138. The quantitative estimate of drug-likeness (QED) is 0.0406. The first-order valence-electron chi connectivity index (χ1n) is 15.1. The molecule has 0 saturated carbocycles. The van der Waals surface area contributed by atoms with E-state index in [1.807, 2.05) is 0 Å². The Hall–Kier alpha value is -4.97. The van der Waals surface area contributed by atoms with E-state index in [4.69, 9.17) is 14.2 Å². The Labute approximate surface area is 284 Å². The van der Waals surface area contributed by atoms with E-state index in [-0.39, 0.29) is 96.2 Å². The highest BCUT2D eigenvalue weighted by atomic mass is 32.2. The Morgan fingerprint density at radius 1 is 0.820 bits per heavy atom. The predicted molar refractivity (Wildman–Crippen MR) is 189 cm³/mol. The fourth-order valence-electron chi connectivity index (χ4n) is 7.24.